The van der Waals surface area contributed by atoms with Gasteiger partial charge in [-0.2, -0.15) is 26.3 Å². The van der Waals surface area contributed by atoms with Gasteiger partial charge in [-0.15, -0.1) is 0 Å². The van der Waals surface area contributed by atoms with Gasteiger partial charge in [0.25, 0.3) is 0 Å². The summed E-state index contributed by atoms with van der Waals surface area (Å²) >= 11 is 0. The van der Waals surface area contributed by atoms with E-state index in [0.717, 1.165) is 15.2 Å². The first-order chi connectivity index (χ1) is 13.5. The molecule has 0 aromatic rings. The van der Waals surface area contributed by atoms with Crippen LogP contribution in [0.15, 0.2) is 0 Å². The number of unbranched alkanes of at least 4 members (excludes halogenated alkanes) is 3. The molecular formula is C15H32F6N2O5S2Si. The molecule has 7 nitrogen and oxygen atoms in total. The maximum Gasteiger partial charge on any atom is 0.480 e. The lowest BCUT2D eigenvalue weighted by atomic mass is 10.2. The molecule has 190 valence electrons. The van der Waals surface area contributed by atoms with Crippen LogP contribution in [0.5, 0.6) is 0 Å². The highest BCUT2D eigenvalue weighted by atomic mass is 32.3. The van der Waals surface area contributed by atoms with Crippen LogP contribution in [0.1, 0.15) is 32.6 Å². The Kier molecular flexibility index (Phi) is 12.8. The number of quaternary nitrogens is 1. The second-order valence-corrected chi connectivity index (χ2v) is 16.2. The minimum atomic E-state index is -6.72. The smallest absolute Gasteiger partial charge is 0.421 e. The summed E-state index contributed by atoms with van der Waals surface area (Å²) < 4.78 is 116. The third-order valence-electron chi connectivity index (χ3n) is 3.83. The van der Waals surface area contributed by atoms with Gasteiger partial charge in [0.2, 0.25) is 0 Å². The van der Waals surface area contributed by atoms with Crippen molar-refractivity contribution in [3.63, 3.8) is 0 Å². The van der Waals surface area contributed by atoms with Crippen LogP contribution in [-0.4, -0.2) is 74.4 Å². The quantitative estimate of drug-likeness (QED) is 0.170. The summed E-state index contributed by atoms with van der Waals surface area (Å²) in [5.74, 6) is 0. The standard InChI is InChI=1S/C13H32NOSi.C2F6NO4S2/c1-7-14(2,3)12-10-8-9-11-13-15-16(4,5)6;3-1(4,5)14(10,11)9-15(12,13)2(6,7)8/h7-13H2,1-6H3;/q+1;-1. The van der Waals surface area contributed by atoms with E-state index in [1.807, 2.05) is 0 Å². The Morgan fingerprint density at radius 2 is 1.19 bits per heavy atom. The van der Waals surface area contributed by atoms with E-state index in [0.29, 0.717) is 0 Å². The highest BCUT2D eigenvalue weighted by Gasteiger charge is 2.46. The Morgan fingerprint density at radius 1 is 0.806 bits per heavy atom. The summed E-state index contributed by atoms with van der Waals surface area (Å²) in [4.78, 5) is 0. The van der Waals surface area contributed by atoms with Crippen molar-refractivity contribution in [3.05, 3.63) is 4.13 Å². The van der Waals surface area contributed by atoms with Gasteiger partial charge in [0, 0.05) is 6.61 Å². The fraction of sp³-hybridized carbons (Fsp3) is 1.00. The normalized spacial score (nSPS) is 14.2. The topological polar surface area (TPSA) is 91.6 Å². The first-order valence-corrected chi connectivity index (χ1v) is 15.6. The predicted molar refractivity (Wildman–Crippen MR) is 109 cm³/mol. The van der Waals surface area contributed by atoms with Gasteiger partial charge in [-0.3, -0.25) is 0 Å². The molecule has 0 saturated heterocycles. The molecule has 0 aromatic carbocycles. The molecule has 0 spiro atoms. The number of nitrogens with zero attached hydrogens (tertiary/aromatic N) is 2. The number of alkyl halides is 6. The van der Waals surface area contributed by atoms with E-state index >= 15 is 0 Å². The molecule has 31 heavy (non-hydrogen) atoms. The Hall–Kier alpha value is -0.423. The first kappa shape index (κ1) is 32.8. The van der Waals surface area contributed by atoms with Gasteiger partial charge in [0.15, 0.2) is 28.4 Å². The van der Waals surface area contributed by atoms with Crippen LogP contribution < -0.4 is 0 Å². The van der Waals surface area contributed by atoms with Crippen molar-refractivity contribution in [2.24, 2.45) is 0 Å². The second kappa shape index (κ2) is 12.2. The zero-order valence-corrected chi connectivity index (χ0v) is 21.1. The number of halogens is 6. The Morgan fingerprint density at radius 3 is 1.52 bits per heavy atom. The average Bonchev–Trinajstić information content (AvgIpc) is 2.50. The van der Waals surface area contributed by atoms with Crippen molar-refractivity contribution in [1.82, 2.24) is 0 Å². The van der Waals surface area contributed by atoms with E-state index in [4.69, 9.17) is 4.43 Å². The third-order valence-corrected chi connectivity index (χ3v) is 7.64. The Balaban J connectivity index is 0. The van der Waals surface area contributed by atoms with Crippen LogP contribution in [-0.2, 0) is 24.5 Å². The first-order valence-electron chi connectivity index (χ1n) is 9.30. The summed E-state index contributed by atoms with van der Waals surface area (Å²) in [5.41, 5.74) is -12.4. The molecule has 0 radical (unpaired) electrons. The molecule has 0 aromatic heterocycles. The highest BCUT2D eigenvalue weighted by Crippen LogP contribution is 2.36. The highest BCUT2D eigenvalue weighted by molar-refractivity contribution is 8.13. The second-order valence-electron chi connectivity index (χ2n) is 8.27. The molecule has 0 unspecified atom stereocenters. The largest absolute Gasteiger partial charge is 0.480 e. The molecule has 0 aliphatic rings. The average molecular weight is 527 g/mol. The molecule has 0 bridgehead atoms. The van der Waals surface area contributed by atoms with Gasteiger partial charge in [-0.25, -0.2) is 16.8 Å². The van der Waals surface area contributed by atoms with Crippen molar-refractivity contribution >= 4 is 28.4 Å². The van der Waals surface area contributed by atoms with Gasteiger partial charge >= 0.3 is 11.0 Å². The van der Waals surface area contributed by atoms with Crippen molar-refractivity contribution in [1.29, 1.82) is 0 Å². The van der Waals surface area contributed by atoms with E-state index in [2.05, 4.69) is 40.7 Å². The fourth-order valence-corrected chi connectivity index (χ4v) is 4.21. The Bertz CT molecular complexity index is 690. The van der Waals surface area contributed by atoms with E-state index in [1.54, 1.807) is 0 Å². The van der Waals surface area contributed by atoms with Gasteiger partial charge in [0.05, 0.1) is 27.2 Å². The van der Waals surface area contributed by atoms with Gasteiger partial charge in [-0.1, -0.05) is 6.42 Å². The molecule has 0 fully saturated rings. The van der Waals surface area contributed by atoms with Crippen LogP contribution in [0.2, 0.25) is 19.6 Å². The zero-order chi connectivity index (χ0) is 25.4. The van der Waals surface area contributed by atoms with Gasteiger partial charge in [-0.05, 0) is 45.8 Å². The molecule has 0 atom stereocenters. The van der Waals surface area contributed by atoms with Crippen LogP contribution in [0, 0.1) is 0 Å². The summed E-state index contributed by atoms with van der Waals surface area (Å²) in [5, 5.41) is 0. The summed E-state index contributed by atoms with van der Waals surface area (Å²) in [6.07, 6.45) is 5.28. The fourth-order valence-electron chi connectivity index (χ4n) is 1.75. The summed E-state index contributed by atoms with van der Waals surface area (Å²) in [7, 11) is -10.1. The number of hydrogen-bond donors (Lipinski definition) is 0. The van der Waals surface area contributed by atoms with E-state index in [1.165, 1.54) is 38.8 Å². The maximum absolute atomic E-state index is 11.4. The minimum absolute atomic E-state index is 0.778. The molecule has 0 N–H and O–H groups in total. The lowest BCUT2D eigenvalue weighted by Crippen LogP contribution is -2.39. The molecule has 0 amide bonds. The third kappa shape index (κ3) is 15.1. The van der Waals surface area contributed by atoms with Gasteiger partial charge in [0.1, 0.15) is 0 Å². The number of rotatable bonds is 11. The SMILES string of the molecule is CC[N+](C)(C)CCCCCCO[Si](C)(C)C.O=S(=O)([N-]S(=O)(=O)C(F)(F)F)C(F)(F)F. The van der Waals surface area contributed by atoms with Crippen molar-refractivity contribution in [2.45, 2.75) is 63.3 Å². The summed E-state index contributed by atoms with van der Waals surface area (Å²) in [6, 6.07) is 0. The molecule has 0 aliphatic carbocycles. The predicted octanol–water partition coefficient (Wildman–Crippen LogP) is 4.55. The van der Waals surface area contributed by atoms with Crippen LogP contribution in [0.25, 0.3) is 4.13 Å². The monoisotopic (exact) mass is 526 g/mol. The van der Waals surface area contributed by atoms with Crippen LogP contribution in [0.4, 0.5) is 26.3 Å². The zero-order valence-electron chi connectivity index (χ0n) is 18.5. The molecule has 16 heteroatoms. The van der Waals surface area contributed by atoms with Crippen molar-refractivity contribution in [2.75, 3.05) is 33.8 Å². The minimum Gasteiger partial charge on any atom is -0.421 e. The van der Waals surface area contributed by atoms with Crippen LogP contribution >= 0.6 is 0 Å². The lowest BCUT2D eigenvalue weighted by molar-refractivity contribution is -0.888. The Labute approximate surface area is 182 Å². The van der Waals surface area contributed by atoms with E-state index in [-0.39, 0.29) is 0 Å². The molecule has 0 aliphatic heterocycles. The number of hydrogen-bond acceptors (Lipinski definition) is 5. The molecular weight excluding hydrogens is 494 g/mol. The van der Waals surface area contributed by atoms with Crippen molar-refractivity contribution < 1.29 is 52.1 Å². The molecule has 0 heterocycles. The van der Waals surface area contributed by atoms with E-state index in [9.17, 15) is 43.2 Å². The maximum atomic E-state index is 11.4. The van der Waals surface area contributed by atoms with Crippen LogP contribution in [0.3, 0.4) is 0 Å². The van der Waals surface area contributed by atoms with Gasteiger partial charge < -0.3 is 13.0 Å². The van der Waals surface area contributed by atoms with Crippen molar-refractivity contribution in [3.8, 4) is 0 Å². The molecule has 0 rings (SSSR count). The van der Waals surface area contributed by atoms with E-state index < -0.39 is 39.4 Å². The molecule has 0 saturated carbocycles. The summed E-state index contributed by atoms with van der Waals surface area (Å²) in [6.45, 7) is 12.6. The lowest BCUT2D eigenvalue weighted by Gasteiger charge is -2.28. The number of sulfonamides is 2.